The van der Waals surface area contributed by atoms with Gasteiger partial charge in [-0.2, -0.15) is 0 Å². The molecule has 3 aliphatic carbocycles. The van der Waals surface area contributed by atoms with Crippen molar-refractivity contribution in [3.63, 3.8) is 0 Å². The quantitative estimate of drug-likeness (QED) is 0.376. The first-order valence-corrected chi connectivity index (χ1v) is 13.8. The predicted octanol–water partition coefficient (Wildman–Crippen LogP) is 1.89. The largest absolute Gasteiger partial charge is 0.447 e. The maximum atomic E-state index is 14.0. The van der Waals surface area contributed by atoms with E-state index in [9.17, 15) is 24.0 Å². The molecular weight excluding hydrogens is 476 g/mol. The van der Waals surface area contributed by atoms with E-state index in [0.717, 1.165) is 44.9 Å². The summed E-state index contributed by atoms with van der Waals surface area (Å²) in [7, 11) is 0. The molecule has 0 spiro atoms. The minimum Gasteiger partial charge on any atom is -0.447 e. The first kappa shape index (κ1) is 27.4. The normalized spacial score (nSPS) is 28.1. The summed E-state index contributed by atoms with van der Waals surface area (Å²) in [5.74, 6) is -2.25. The summed E-state index contributed by atoms with van der Waals surface area (Å²) in [6.07, 6.45) is 6.00. The van der Waals surface area contributed by atoms with E-state index in [2.05, 4.69) is 24.5 Å². The second-order valence-corrected chi connectivity index (χ2v) is 12.3. The Morgan fingerprint density at radius 3 is 2.22 bits per heavy atom. The van der Waals surface area contributed by atoms with E-state index in [1.54, 1.807) is 18.7 Å². The Bertz CT molecular complexity index is 939. The lowest BCUT2D eigenvalue weighted by Gasteiger charge is -2.37. The lowest BCUT2D eigenvalue weighted by molar-refractivity contribution is -0.144. The SMILES string of the molecule is CC(C)OC(=O)NC(C(=O)N1C[C@H]2[C@@H](C1C(=O)N[C@@H](CC1CC1)C(=O)C(N)=O)C2(C)C)C1CCCCC1. The van der Waals surface area contributed by atoms with E-state index < -0.39 is 41.8 Å². The van der Waals surface area contributed by atoms with Gasteiger partial charge < -0.3 is 26.0 Å². The predicted molar refractivity (Wildman–Crippen MR) is 135 cm³/mol. The highest BCUT2D eigenvalue weighted by Crippen LogP contribution is 2.65. The first-order chi connectivity index (χ1) is 17.4. The van der Waals surface area contributed by atoms with Gasteiger partial charge in [-0.25, -0.2) is 4.79 Å². The Morgan fingerprint density at radius 2 is 1.65 bits per heavy atom. The molecule has 4 rings (SSSR count). The van der Waals surface area contributed by atoms with Gasteiger partial charge in [0.2, 0.25) is 17.6 Å². The topological polar surface area (TPSA) is 148 Å². The van der Waals surface area contributed by atoms with Gasteiger partial charge in [-0.3, -0.25) is 19.2 Å². The Labute approximate surface area is 218 Å². The number of hydrogen-bond donors (Lipinski definition) is 3. The third-order valence-corrected chi connectivity index (χ3v) is 8.91. The van der Waals surface area contributed by atoms with Gasteiger partial charge in [0.1, 0.15) is 12.1 Å². The lowest BCUT2D eigenvalue weighted by atomic mass is 9.83. The standard InChI is InChI=1S/C27H42N4O6/c1-14(2)37-26(36)30-20(16-8-6-5-7-9-16)25(35)31-13-17-19(27(17,3)4)21(31)24(34)29-18(12-15-10-11-15)22(32)23(28)33/h14-21H,5-13H2,1-4H3,(H2,28,33)(H,29,34)(H,30,36)/t17-,18-,19-,20?,21?/m0/s1. The number of rotatable bonds is 10. The monoisotopic (exact) mass is 518 g/mol. The number of fused-ring (bicyclic) bond motifs is 1. The van der Waals surface area contributed by atoms with Crippen LogP contribution in [0.25, 0.3) is 0 Å². The van der Waals surface area contributed by atoms with Gasteiger partial charge in [0.05, 0.1) is 12.1 Å². The van der Waals surface area contributed by atoms with Crippen molar-refractivity contribution >= 4 is 29.6 Å². The molecule has 1 aliphatic heterocycles. The molecule has 3 saturated carbocycles. The van der Waals surface area contributed by atoms with E-state index >= 15 is 0 Å². The fourth-order valence-corrected chi connectivity index (χ4v) is 6.56. The molecule has 4 fully saturated rings. The third kappa shape index (κ3) is 5.93. The molecule has 10 heteroatoms. The smallest absolute Gasteiger partial charge is 0.408 e. The van der Waals surface area contributed by atoms with Crippen LogP contribution in [-0.2, 0) is 23.9 Å². The Kier molecular flexibility index (Phi) is 7.85. The molecule has 1 saturated heterocycles. The number of ether oxygens (including phenoxy) is 1. The van der Waals surface area contributed by atoms with Crippen LogP contribution in [0.1, 0.15) is 79.1 Å². The van der Waals surface area contributed by atoms with Gasteiger partial charge in [-0.15, -0.1) is 0 Å². The molecule has 0 radical (unpaired) electrons. The number of carbonyl (C=O) groups excluding carboxylic acids is 5. The number of nitrogens with one attached hydrogen (secondary N) is 2. The minimum absolute atomic E-state index is 0.0336. The van der Waals surface area contributed by atoms with Gasteiger partial charge in [0.25, 0.3) is 5.91 Å². The molecule has 4 N–H and O–H groups in total. The third-order valence-electron chi connectivity index (χ3n) is 8.91. The van der Waals surface area contributed by atoms with Crippen LogP contribution in [0.2, 0.25) is 0 Å². The van der Waals surface area contributed by atoms with Gasteiger partial charge >= 0.3 is 6.09 Å². The second-order valence-electron chi connectivity index (χ2n) is 12.3. The fraction of sp³-hybridized carbons (Fsp3) is 0.815. The average molecular weight is 519 g/mol. The number of likely N-dealkylation sites (tertiary alicyclic amines) is 1. The molecule has 4 aliphatic rings. The highest BCUT2D eigenvalue weighted by molar-refractivity contribution is 6.37. The number of carbonyl (C=O) groups is 5. The maximum Gasteiger partial charge on any atom is 0.408 e. The number of piperidine rings is 1. The van der Waals surface area contributed by atoms with Crippen LogP contribution >= 0.6 is 0 Å². The molecule has 0 aromatic heterocycles. The summed E-state index contributed by atoms with van der Waals surface area (Å²) in [6.45, 7) is 8.07. The number of nitrogens with two attached hydrogens (primary N) is 1. The van der Waals surface area contributed by atoms with Crippen molar-refractivity contribution in [3.05, 3.63) is 0 Å². The lowest BCUT2D eigenvalue weighted by Crippen LogP contribution is -2.59. The Balaban J connectivity index is 1.55. The summed E-state index contributed by atoms with van der Waals surface area (Å²) in [4.78, 5) is 65.9. The van der Waals surface area contributed by atoms with Gasteiger partial charge in [0.15, 0.2) is 0 Å². The molecule has 0 aromatic rings. The highest BCUT2D eigenvalue weighted by atomic mass is 16.6. The molecule has 0 aromatic carbocycles. The average Bonchev–Trinajstić information content (AvgIpc) is 3.68. The number of nitrogens with zero attached hydrogens (tertiary/aromatic N) is 1. The molecule has 10 nitrogen and oxygen atoms in total. The second kappa shape index (κ2) is 10.6. The van der Waals surface area contributed by atoms with Crippen LogP contribution in [-0.4, -0.2) is 65.3 Å². The van der Waals surface area contributed by atoms with Crippen molar-refractivity contribution in [1.29, 1.82) is 0 Å². The molecule has 4 amide bonds. The van der Waals surface area contributed by atoms with E-state index in [1.807, 2.05) is 0 Å². The molecule has 1 heterocycles. The van der Waals surface area contributed by atoms with Crippen LogP contribution in [0.15, 0.2) is 0 Å². The summed E-state index contributed by atoms with van der Waals surface area (Å²) < 4.78 is 5.28. The molecule has 2 unspecified atom stereocenters. The Hall–Kier alpha value is -2.65. The molecular formula is C27H42N4O6. The van der Waals surface area contributed by atoms with Crippen LogP contribution in [0.5, 0.6) is 0 Å². The number of alkyl carbamates (subject to hydrolysis) is 1. The number of amides is 4. The number of ketones is 1. The van der Waals surface area contributed by atoms with Crippen LogP contribution in [0.3, 0.4) is 0 Å². The van der Waals surface area contributed by atoms with E-state index in [4.69, 9.17) is 10.5 Å². The molecule has 0 bridgehead atoms. The van der Waals surface area contributed by atoms with E-state index in [1.165, 1.54) is 0 Å². The van der Waals surface area contributed by atoms with Crippen molar-refractivity contribution in [2.75, 3.05) is 6.54 Å². The number of hydrogen-bond acceptors (Lipinski definition) is 6. The zero-order chi connectivity index (χ0) is 27.1. The van der Waals surface area contributed by atoms with Crippen molar-refractivity contribution in [2.45, 2.75) is 103 Å². The van der Waals surface area contributed by atoms with E-state index in [0.29, 0.717) is 13.0 Å². The summed E-state index contributed by atoms with van der Waals surface area (Å²) >= 11 is 0. The maximum absolute atomic E-state index is 14.0. The summed E-state index contributed by atoms with van der Waals surface area (Å²) in [5.41, 5.74) is 5.14. The van der Waals surface area contributed by atoms with Crippen molar-refractivity contribution in [1.82, 2.24) is 15.5 Å². The molecule has 206 valence electrons. The molecule has 37 heavy (non-hydrogen) atoms. The molecule has 5 atom stereocenters. The van der Waals surface area contributed by atoms with Crippen molar-refractivity contribution in [2.24, 2.45) is 34.8 Å². The summed E-state index contributed by atoms with van der Waals surface area (Å²) in [6, 6.07) is -2.54. The Morgan fingerprint density at radius 1 is 1.00 bits per heavy atom. The van der Waals surface area contributed by atoms with Crippen LogP contribution in [0.4, 0.5) is 4.79 Å². The van der Waals surface area contributed by atoms with Gasteiger partial charge in [-0.1, -0.05) is 46.0 Å². The fourth-order valence-electron chi connectivity index (χ4n) is 6.56. The minimum atomic E-state index is -1.07. The number of Topliss-reactive ketones (excluding diaryl/α,β-unsaturated/α-hetero) is 1. The highest BCUT2D eigenvalue weighted by Gasteiger charge is 2.69. The van der Waals surface area contributed by atoms with Crippen LogP contribution < -0.4 is 16.4 Å². The van der Waals surface area contributed by atoms with Crippen molar-refractivity contribution < 1.29 is 28.7 Å². The van der Waals surface area contributed by atoms with Crippen molar-refractivity contribution in [3.8, 4) is 0 Å². The zero-order valence-corrected chi connectivity index (χ0v) is 22.5. The zero-order valence-electron chi connectivity index (χ0n) is 22.5. The van der Waals surface area contributed by atoms with Gasteiger partial charge in [0, 0.05) is 6.54 Å². The van der Waals surface area contributed by atoms with Crippen LogP contribution in [0, 0.1) is 29.1 Å². The first-order valence-electron chi connectivity index (χ1n) is 13.8. The number of primary amides is 1. The van der Waals surface area contributed by atoms with Gasteiger partial charge in [-0.05, 0) is 62.2 Å². The van der Waals surface area contributed by atoms with E-state index in [-0.39, 0.29) is 41.1 Å². The summed E-state index contributed by atoms with van der Waals surface area (Å²) in [5, 5.41) is 5.59.